The van der Waals surface area contributed by atoms with Crippen LogP contribution in [0.25, 0.3) is 0 Å². The molecule has 1 aliphatic heterocycles. The summed E-state index contributed by atoms with van der Waals surface area (Å²) in [5.74, 6) is 0.137. The Morgan fingerprint density at radius 2 is 1.42 bits per heavy atom. The zero-order chi connectivity index (χ0) is 26.6. The van der Waals surface area contributed by atoms with Crippen molar-refractivity contribution in [2.24, 2.45) is 11.8 Å². The summed E-state index contributed by atoms with van der Waals surface area (Å²) >= 11 is 0. The minimum absolute atomic E-state index is 0.0541. The summed E-state index contributed by atoms with van der Waals surface area (Å²) in [5.41, 5.74) is 1.98. The van der Waals surface area contributed by atoms with E-state index >= 15 is 0 Å². The lowest BCUT2D eigenvalue weighted by Gasteiger charge is -2.38. The van der Waals surface area contributed by atoms with E-state index in [9.17, 15) is 25.2 Å². The van der Waals surface area contributed by atoms with Gasteiger partial charge in [0.15, 0.2) is 29.1 Å². The number of carboxylic acid groups (broad SMARTS) is 1. The van der Waals surface area contributed by atoms with E-state index in [1.165, 1.54) is 12.1 Å². The molecular formula is C26H34O10. The predicted octanol–water partition coefficient (Wildman–Crippen LogP) is 1.74. The number of aliphatic carboxylic acids is 1. The first-order valence-corrected chi connectivity index (χ1v) is 11.7. The van der Waals surface area contributed by atoms with Crippen molar-refractivity contribution >= 4 is 5.97 Å². The van der Waals surface area contributed by atoms with Crippen LogP contribution in [0, 0.1) is 11.8 Å². The number of phenolic OH excluding ortho intramolecular Hbond substituents is 1. The third-order valence-electron chi connectivity index (χ3n) is 6.61. The highest BCUT2D eigenvalue weighted by atomic mass is 16.7. The highest BCUT2D eigenvalue weighted by molar-refractivity contribution is 5.73. The van der Waals surface area contributed by atoms with Crippen molar-refractivity contribution in [1.29, 1.82) is 0 Å². The lowest BCUT2D eigenvalue weighted by atomic mass is 9.85. The van der Waals surface area contributed by atoms with Crippen molar-refractivity contribution in [3.63, 3.8) is 0 Å². The van der Waals surface area contributed by atoms with E-state index < -0.39 is 36.7 Å². The Balaban J connectivity index is 1.63. The molecule has 0 radical (unpaired) electrons. The number of aliphatic hydroxyl groups excluding tert-OH is 3. The van der Waals surface area contributed by atoms with E-state index in [1.54, 1.807) is 20.3 Å². The summed E-state index contributed by atoms with van der Waals surface area (Å²) in [4.78, 5) is 11.3. The summed E-state index contributed by atoms with van der Waals surface area (Å²) in [7, 11) is 3.20. The molecule has 0 amide bonds. The molecule has 5 N–H and O–H groups in total. The van der Waals surface area contributed by atoms with E-state index in [4.69, 9.17) is 24.1 Å². The number of aliphatic hydroxyl groups is 3. The molecule has 0 saturated carbocycles. The molecule has 0 bridgehead atoms. The van der Waals surface area contributed by atoms with Gasteiger partial charge in [-0.05, 0) is 60.1 Å². The average Bonchev–Trinajstić information content (AvgIpc) is 2.85. The van der Waals surface area contributed by atoms with Crippen LogP contribution in [0.15, 0.2) is 36.4 Å². The fourth-order valence-electron chi connectivity index (χ4n) is 4.22. The Hall–Kier alpha value is -3.05. The van der Waals surface area contributed by atoms with Crippen LogP contribution in [0.2, 0.25) is 0 Å². The van der Waals surface area contributed by atoms with Crippen LogP contribution in [-0.4, -0.2) is 76.4 Å². The Morgan fingerprint density at radius 3 is 1.94 bits per heavy atom. The second-order valence-electron chi connectivity index (χ2n) is 9.21. The number of carbonyl (C=O) groups is 1. The molecule has 198 valence electrons. The lowest BCUT2D eigenvalue weighted by molar-refractivity contribution is -0.271. The van der Waals surface area contributed by atoms with Gasteiger partial charge in [0.2, 0.25) is 6.29 Å². The molecule has 10 nitrogen and oxygen atoms in total. The maximum atomic E-state index is 11.3. The number of hydrogen-bond donors (Lipinski definition) is 5. The zero-order valence-corrected chi connectivity index (χ0v) is 20.7. The SMILES string of the molecule is COc1ccc(CC(C)C(C)Cc2ccc(O[C@@H]3O[C@H](C(=O)O)[C@@H](O)[C@H](O)[C@H]3O)c(O)c2)cc1OC. The minimum Gasteiger partial charge on any atom is -0.504 e. The number of hydrogen-bond acceptors (Lipinski definition) is 9. The van der Waals surface area contributed by atoms with Gasteiger partial charge in [-0.1, -0.05) is 26.0 Å². The van der Waals surface area contributed by atoms with Crippen LogP contribution in [0.3, 0.4) is 0 Å². The number of ether oxygens (including phenoxy) is 4. The Morgan fingerprint density at radius 1 is 0.861 bits per heavy atom. The largest absolute Gasteiger partial charge is 0.504 e. The molecule has 2 aromatic carbocycles. The molecule has 0 aliphatic carbocycles. The van der Waals surface area contributed by atoms with Gasteiger partial charge in [0.05, 0.1) is 14.2 Å². The minimum atomic E-state index is -1.82. The van der Waals surface area contributed by atoms with Crippen LogP contribution in [0.1, 0.15) is 25.0 Å². The van der Waals surface area contributed by atoms with Crippen molar-refractivity contribution in [3.8, 4) is 23.0 Å². The van der Waals surface area contributed by atoms with Gasteiger partial charge in [0.1, 0.15) is 18.3 Å². The summed E-state index contributed by atoms with van der Waals surface area (Å²) < 4.78 is 21.2. The number of benzene rings is 2. The predicted molar refractivity (Wildman–Crippen MR) is 128 cm³/mol. The number of rotatable bonds is 10. The molecular weight excluding hydrogens is 472 g/mol. The van der Waals surface area contributed by atoms with Gasteiger partial charge in [-0.3, -0.25) is 0 Å². The summed E-state index contributed by atoms with van der Waals surface area (Å²) in [6.45, 7) is 4.27. The van der Waals surface area contributed by atoms with Gasteiger partial charge in [0.25, 0.3) is 0 Å². The van der Waals surface area contributed by atoms with E-state index in [2.05, 4.69) is 13.8 Å². The third kappa shape index (κ3) is 6.19. The molecule has 2 unspecified atom stereocenters. The van der Waals surface area contributed by atoms with Crippen molar-refractivity contribution < 1.29 is 49.3 Å². The highest BCUT2D eigenvalue weighted by Crippen LogP contribution is 2.33. The first kappa shape index (κ1) is 27.5. The van der Waals surface area contributed by atoms with Crippen molar-refractivity contribution in [1.82, 2.24) is 0 Å². The molecule has 1 fully saturated rings. The fraction of sp³-hybridized carbons (Fsp3) is 0.500. The van der Waals surface area contributed by atoms with Gasteiger partial charge < -0.3 is 44.5 Å². The number of methoxy groups -OCH3 is 2. The van der Waals surface area contributed by atoms with Crippen LogP contribution in [0.4, 0.5) is 0 Å². The first-order chi connectivity index (χ1) is 17.0. The van der Waals surface area contributed by atoms with Crippen LogP contribution in [0.5, 0.6) is 23.0 Å². The molecule has 1 saturated heterocycles. The molecule has 0 spiro atoms. The monoisotopic (exact) mass is 506 g/mol. The smallest absolute Gasteiger partial charge is 0.335 e. The molecule has 3 rings (SSSR count). The zero-order valence-electron chi connectivity index (χ0n) is 20.7. The van der Waals surface area contributed by atoms with Crippen molar-refractivity contribution in [2.45, 2.75) is 57.4 Å². The second-order valence-corrected chi connectivity index (χ2v) is 9.21. The highest BCUT2D eigenvalue weighted by Gasteiger charge is 2.48. The number of phenols is 1. The van der Waals surface area contributed by atoms with Crippen molar-refractivity contribution in [3.05, 3.63) is 47.5 Å². The molecule has 1 heterocycles. The van der Waals surface area contributed by atoms with Gasteiger partial charge in [-0.2, -0.15) is 0 Å². The Bertz CT molecular complexity index is 1040. The summed E-state index contributed by atoms with van der Waals surface area (Å²) in [5, 5.41) is 49.5. The van der Waals surface area contributed by atoms with Gasteiger partial charge in [-0.25, -0.2) is 4.79 Å². The van der Waals surface area contributed by atoms with Crippen LogP contribution < -0.4 is 14.2 Å². The number of aromatic hydroxyl groups is 1. The second kappa shape index (κ2) is 11.8. The third-order valence-corrected chi connectivity index (χ3v) is 6.61. The average molecular weight is 507 g/mol. The Labute approximate surface area is 209 Å². The maximum absolute atomic E-state index is 11.3. The molecule has 10 heteroatoms. The van der Waals surface area contributed by atoms with Crippen LogP contribution in [-0.2, 0) is 22.4 Å². The van der Waals surface area contributed by atoms with Gasteiger partial charge in [0, 0.05) is 0 Å². The molecule has 36 heavy (non-hydrogen) atoms. The quantitative estimate of drug-likeness (QED) is 0.322. The summed E-state index contributed by atoms with van der Waals surface area (Å²) in [6, 6.07) is 10.6. The van der Waals surface area contributed by atoms with Crippen molar-refractivity contribution in [2.75, 3.05) is 14.2 Å². The standard InChI is InChI=1S/C26H34O10/c1-13(14(2)10-16-6-8-19(33-3)20(12-16)34-4)9-15-5-7-18(17(27)11-15)35-26-23(30)21(28)22(29)24(36-26)25(31)32/h5-8,11-14,21-24,26-30H,9-10H2,1-4H3,(H,31,32)/t13?,14?,21-,22-,23+,24-,26+/m0/s1. The first-order valence-electron chi connectivity index (χ1n) is 11.7. The van der Waals surface area contributed by atoms with Gasteiger partial charge >= 0.3 is 5.97 Å². The molecule has 0 aromatic heterocycles. The van der Waals surface area contributed by atoms with E-state index in [-0.39, 0.29) is 17.4 Å². The molecule has 2 aromatic rings. The van der Waals surface area contributed by atoms with E-state index in [1.807, 2.05) is 18.2 Å². The normalized spacial score (nSPS) is 25.6. The van der Waals surface area contributed by atoms with Gasteiger partial charge in [-0.15, -0.1) is 0 Å². The van der Waals surface area contributed by atoms with E-state index in [0.29, 0.717) is 23.8 Å². The number of carboxylic acids is 1. The maximum Gasteiger partial charge on any atom is 0.335 e. The Kier molecular flexibility index (Phi) is 9.02. The fourth-order valence-corrected chi connectivity index (χ4v) is 4.22. The summed E-state index contributed by atoms with van der Waals surface area (Å²) in [6.07, 6.45) is -7.21. The molecule has 1 aliphatic rings. The lowest BCUT2D eigenvalue weighted by Crippen LogP contribution is -2.61. The van der Waals surface area contributed by atoms with E-state index in [0.717, 1.165) is 17.5 Å². The topological polar surface area (TPSA) is 155 Å². The van der Waals surface area contributed by atoms with Crippen LogP contribution >= 0.6 is 0 Å². The molecule has 7 atom stereocenters.